The number of carboxylic acid groups (broad SMARTS) is 1. The lowest BCUT2D eigenvalue weighted by molar-refractivity contribution is -0.384. The maximum Gasteiger partial charge on any atom is 0.303 e. The maximum absolute atomic E-state index is 12.4. The zero-order valence-corrected chi connectivity index (χ0v) is 14.3. The largest absolute Gasteiger partial charge is 0.481 e. The van der Waals surface area contributed by atoms with E-state index in [9.17, 15) is 24.5 Å². The summed E-state index contributed by atoms with van der Waals surface area (Å²) in [4.78, 5) is 48.4. The first-order chi connectivity index (χ1) is 12.4. The fraction of sp³-hybridized carbons (Fsp3) is 0.471. The first-order valence-corrected chi connectivity index (χ1v) is 8.42. The van der Waals surface area contributed by atoms with Crippen LogP contribution in [-0.4, -0.2) is 63.8 Å². The maximum atomic E-state index is 12.4. The van der Waals surface area contributed by atoms with Gasteiger partial charge in [-0.3, -0.25) is 24.5 Å². The molecule has 0 saturated carbocycles. The Labute approximate surface area is 150 Å². The highest BCUT2D eigenvalue weighted by molar-refractivity contribution is 5.94. The Hall–Kier alpha value is -2.97. The van der Waals surface area contributed by atoms with Gasteiger partial charge in [0.1, 0.15) is 0 Å². The molecule has 0 atom stereocenters. The van der Waals surface area contributed by atoms with Crippen molar-refractivity contribution in [1.29, 1.82) is 0 Å². The van der Waals surface area contributed by atoms with E-state index in [1.807, 2.05) is 0 Å². The molecule has 0 spiro atoms. The third kappa shape index (κ3) is 5.27. The van der Waals surface area contributed by atoms with Crippen molar-refractivity contribution < 1.29 is 24.4 Å². The van der Waals surface area contributed by atoms with Gasteiger partial charge in [0, 0.05) is 56.7 Å². The lowest BCUT2D eigenvalue weighted by atomic mass is 10.1. The van der Waals surface area contributed by atoms with Crippen LogP contribution in [0.15, 0.2) is 24.3 Å². The topological polar surface area (TPSA) is 121 Å². The minimum atomic E-state index is -0.865. The van der Waals surface area contributed by atoms with Crippen LogP contribution in [0.1, 0.15) is 36.0 Å². The van der Waals surface area contributed by atoms with Gasteiger partial charge in [0.25, 0.3) is 11.6 Å². The molecule has 0 aliphatic carbocycles. The monoisotopic (exact) mass is 363 g/mol. The van der Waals surface area contributed by atoms with E-state index in [4.69, 9.17) is 5.11 Å². The quantitative estimate of drug-likeness (QED) is 0.445. The summed E-state index contributed by atoms with van der Waals surface area (Å²) in [5.74, 6) is -1.11. The Kier molecular flexibility index (Phi) is 6.65. The molecule has 0 aromatic heterocycles. The number of amides is 2. The molecule has 1 fully saturated rings. The second kappa shape index (κ2) is 8.93. The summed E-state index contributed by atoms with van der Waals surface area (Å²) in [5.41, 5.74) is 0.309. The zero-order chi connectivity index (χ0) is 19.1. The summed E-state index contributed by atoms with van der Waals surface area (Å²) < 4.78 is 0. The molecule has 2 rings (SSSR count). The molecule has 0 radical (unpaired) electrons. The molecule has 0 bridgehead atoms. The number of nitro benzene ring substituents is 1. The number of nitro groups is 1. The van der Waals surface area contributed by atoms with E-state index < -0.39 is 10.9 Å². The van der Waals surface area contributed by atoms with E-state index in [0.29, 0.717) is 51.0 Å². The van der Waals surface area contributed by atoms with Crippen LogP contribution in [0.25, 0.3) is 0 Å². The number of aliphatic carboxylic acids is 1. The van der Waals surface area contributed by atoms with Gasteiger partial charge in [-0.15, -0.1) is 0 Å². The molecule has 1 heterocycles. The lowest BCUT2D eigenvalue weighted by Crippen LogP contribution is -2.50. The Morgan fingerprint density at radius 1 is 0.962 bits per heavy atom. The molecule has 9 nitrogen and oxygen atoms in total. The van der Waals surface area contributed by atoms with Crippen molar-refractivity contribution in [3.8, 4) is 0 Å². The average Bonchev–Trinajstić information content (AvgIpc) is 2.64. The van der Waals surface area contributed by atoms with Gasteiger partial charge < -0.3 is 14.9 Å². The first kappa shape index (κ1) is 19.4. The van der Waals surface area contributed by atoms with E-state index in [1.165, 1.54) is 24.3 Å². The number of carboxylic acids is 1. The summed E-state index contributed by atoms with van der Waals surface area (Å²) >= 11 is 0. The number of non-ortho nitro benzene ring substituents is 1. The summed E-state index contributed by atoms with van der Waals surface area (Å²) in [7, 11) is 0. The van der Waals surface area contributed by atoms with Crippen molar-refractivity contribution in [2.75, 3.05) is 26.2 Å². The molecule has 1 N–H and O–H groups in total. The number of rotatable bonds is 7. The molecule has 1 aliphatic heterocycles. The van der Waals surface area contributed by atoms with Crippen LogP contribution in [0.2, 0.25) is 0 Å². The van der Waals surface area contributed by atoms with E-state index in [0.717, 1.165) is 0 Å². The number of benzene rings is 1. The minimum absolute atomic E-state index is 0.0298. The fourth-order valence-electron chi connectivity index (χ4n) is 2.78. The number of hydrogen-bond donors (Lipinski definition) is 1. The van der Waals surface area contributed by atoms with E-state index in [2.05, 4.69) is 0 Å². The Balaban J connectivity index is 1.80. The summed E-state index contributed by atoms with van der Waals surface area (Å²) in [6.45, 7) is 1.65. The molecule has 1 aromatic carbocycles. The highest BCUT2D eigenvalue weighted by Crippen LogP contribution is 2.15. The Morgan fingerprint density at radius 2 is 1.50 bits per heavy atom. The van der Waals surface area contributed by atoms with Crippen LogP contribution in [0, 0.1) is 10.1 Å². The zero-order valence-electron chi connectivity index (χ0n) is 14.3. The Morgan fingerprint density at radius 3 is 2.04 bits per heavy atom. The minimum Gasteiger partial charge on any atom is -0.481 e. The van der Waals surface area contributed by atoms with Crippen LogP contribution in [0.5, 0.6) is 0 Å². The van der Waals surface area contributed by atoms with E-state index in [1.54, 1.807) is 9.80 Å². The second-order valence-electron chi connectivity index (χ2n) is 6.08. The highest BCUT2D eigenvalue weighted by atomic mass is 16.6. The molecule has 9 heteroatoms. The highest BCUT2D eigenvalue weighted by Gasteiger charge is 2.24. The molecule has 1 aliphatic rings. The van der Waals surface area contributed by atoms with Gasteiger partial charge in [-0.05, 0) is 25.0 Å². The van der Waals surface area contributed by atoms with Crippen LogP contribution in [0.3, 0.4) is 0 Å². The smallest absolute Gasteiger partial charge is 0.303 e. The van der Waals surface area contributed by atoms with Crippen LogP contribution in [0.4, 0.5) is 5.69 Å². The van der Waals surface area contributed by atoms with Gasteiger partial charge in [-0.2, -0.15) is 0 Å². The predicted molar refractivity (Wildman–Crippen MR) is 91.7 cm³/mol. The summed E-state index contributed by atoms with van der Waals surface area (Å²) in [6, 6.07) is 5.45. The molecular formula is C17H21N3O6. The van der Waals surface area contributed by atoms with Crippen molar-refractivity contribution in [2.45, 2.75) is 25.7 Å². The third-order valence-corrected chi connectivity index (χ3v) is 4.28. The fourth-order valence-corrected chi connectivity index (χ4v) is 2.78. The van der Waals surface area contributed by atoms with Crippen LogP contribution >= 0.6 is 0 Å². The van der Waals surface area contributed by atoms with Gasteiger partial charge in [-0.1, -0.05) is 0 Å². The second-order valence-corrected chi connectivity index (χ2v) is 6.08. The molecule has 2 amide bonds. The molecule has 1 saturated heterocycles. The number of carbonyl (C=O) groups excluding carboxylic acids is 2. The SMILES string of the molecule is O=C(O)CCCCC(=O)N1CCN(C(=O)c2ccc([N+](=O)[O-])cc2)CC1. The molecule has 0 unspecified atom stereocenters. The number of hydrogen-bond acceptors (Lipinski definition) is 5. The number of piperazine rings is 1. The van der Waals surface area contributed by atoms with Gasteiger partial charge >= 0.3 is 5.97 Å². The van der Waals surface area contributed by atoms with Crippen LogP contribution < -0.4 is 0 Å². The van der Waals surface area contributed by atoms with Crippen molar-refractivity contribution in [3.63, 3.8) is 0 Å². The number of carbonyl (C=O) groups is 3. The van der Waals surface area contributed by atoms with Crippen molar-refractivity contribution in [1.82, 2.24) is 9.80 Å². The van der Waals surface area contributed by atoms with Crippen molar-refractivity contribution in [3.05, 3.63) is 39.9 Å². The van der Waals surface area contributed by atoms with Crippen LogP contribution in [-0.2, 0) is 9.59 Å². The Bertz CT molecular complexity index is 680. The first-order valence-electron chi connectivity index (χ1n) is 8.42. The predicted octanol–water partition coefficient (Wildman–Crippen LogP) is 1.52. The van der Waals surface area contributed by atoms with Gasteiger partial charge in [0.2, 0.25) is 5.91 Å². The molecule has 140 valence electrons. The van der Waals surface area contributed by atoms with Crippen molar-refractivity contribution in [2.24, 2.45) is 0 Å². The average molecular weight is 363 g/mol. The van der Waals surface area contributed by atoms with Gasteiger partial charge in [0.15, 0.2) is 0 Å². The summed E-state index contributed by atoms with van der Waals surface area (Å²) in [5, 5.41) is 19.2. The van der Waals surface area contributed by atoms with Gasteiger partial charge in [0.05, 0.1) is 4.92 Å². The normalized spacial score (nSPS) is 14.2. The molecule has 26 heavy (non-hydrogen) atoms. The van der Waals surface area contributed by atoms with Crippen molar-refractivity contribution >= 4 is 23.5 Å². The summed E-state index contributed by atoms with van der Waals surface area (Å²) in [6.07, 6.45) is 1.38. The van der Waals surface area contributed by atoms with E-state index >= 15 is 0 Å². The third-order valence-electron chi connectivity index (χ3n) is 4.28. The van der Waals surface area contributed by atoms with Gasteiger partial charge in [-0.25, -0.2) is 0 Å². The standard InChI is InChI=1S/C17H21N3O6/c21-15(3-1-2-4-16(22)23)18-9-11-19(12-10-18)17(24)13-5-7-14(8-6-13)20(25)26/h5-8H,1-4,9-12H2,(H,22,23). The number of nitrogens with zero attached hydrogens (tertiary/aromatic N) is 3. The van der Waals surface area contributed by atoms with E-state index in [-0.39, 0.29) is 23.9 Å². The molecule has 1 aromatic rings. The molecular weight excluding hydrogens is 342 g/mol. The number of unbranched alkanes of at least 4 members (excludes halogenated alkanes) is 1. The lowest BCUT2D eigenvalue weighted by Gasteiger charge is -2.35.